The van der Waals surface area contributed by atoms with Crippen LogP contribution in [0.25, 0.3) is 17.7 Å². The molecule has 0 saturated heterocycles. The monoisotopic (exact) mass is 433 g/mol. The summed E-state index contributed by atoms with van der Waals surface area (Å²) >= 11 is 0. The molecule has 3 aliphatic carbocycles. The third kappa shape index (κ3) is 4.06. The Morgan fingerprint density at radius 1 is 1.06 bits per heavy atom. The van der Waals surface area contributed by atoms with Gasteiger partial charge in [0.25, 0.3) is 0 Å². The molecule has 168 valence electrons. The van der Waals surface area contributed by atoms with Crippen molar-refractivity contribution < 1.29 is 0 Å². The number of anilines is 1. The van der Waals surface area contributed by atoms with Crippen molar-refractivity contribution in [2.75, 3.05) is 5.32 Å². The number of nitrogens with one attached hydrogen (secondary N) is 1. The summed E-state index contributed by atoms with van der Waals surface area (Å²) in [6.07, 6.45) is 24.0. The van der Waals surface area contributed by atoms with Crippen LogP contribution in [0.3, 0.4) is 0 Å². The summed E-state index contributed by atoms with van der Waals surface area (Å²) in [5.74, 6) is 0. The molecule has 3 aliphatic rings. The molecule has 0 amide bonds. The van der Waals surface area contributed by atoms with Gasteiger partial charge in [-0.3, -0.25) is 0 Å². The summed E-state index contributed by atoms with van der Waals surface area (Å²) in [7, 11) is 0. The summed E-state index contributed by atoms with van der Waals surface area (Å²) in [6, 6.07) is 16.2. The minimum atomic E-state index is 0.185. The van der Waals surface area contributed by atoms with Crippen LogP contribution in [0.2, 0.25) is 0 Å². The molecule has 33 heavy (non-hydrogen) atoms. The molecule has 1 nitrogen and oxygen atoms in total. The lowest BCUT2D eigenvalue weighted by Crippen LogP contribution is -2.37. The van der Waals surface area contributed by atoms with Gasteiger partial charge < -0.3 is 5.32 Å². The molecule has 1 saturated carbocycles. The highest BCUT2D eigenvalue weighted by molar-refractivity contribution is 5.72. The molecule has 1 heteroatoms. The molecule has 0 heterocycles. The Morgan fingerprint density at radius 3 is 2.67 bits per heavy atom. The Hall–Kier alpha value is -3.06. The zero-order chi connectivity index (χ0) is 22.7. The average molecular weight is 434 g/mol. The van der Waals surface area contributed by atoms with Crippen LogP contribution in [-0.4, -0.2) is 6.04 Å². The van der Waals surface area contributed by atoms with Crippen LogP contribution in [0.1, 0.15) is 63.0 Å². The van der Waals surface area contributed by atoms with E-state index in [-0.39, 0.29) is 11.5 Å². The predicted molar refractivity (Wildman–Crippen MR) is 144 cm³/mol. The molecule has 1 spiro atoms. The summed E-state index contributed by atoms with van der Waals surface area (Å²) in [4.78, 5) is 0. The first-order chi connectivity index (χ1) is 16.2. The molecular formula is C32H35N. The van der Waals surface area contributed by atoms with E-state index in [2.05, 4.69) is 104 Å². The van der Waals surface area contributed by atoms with E-state index in [9.17, 15) is 0 Å². The van der Waals surface area contributed by atoms with Gasteiger partial charge in [-0.15, -0.1) is 6.58 Å². The van der Waals surface area contributed by atoms with E-state index in [0.717, 1.165) is 12.8 Å². The van der Waals surface area contributed by atoms with Gasteiger partial charge in [0.2, 0.25) is 0 Å². The Morgan fingerprint density at radius 2 is 1.91 bits per heavy atom. The molecule has 1 unspecified atom stereocenters. The van der Waals surface area contributed by atoms with Gasteiger partial charge in [-0.2, -0.15) is 0 Å². The second-order valence-electron chi connectivity index (χ2n) is 9.66. The number of benzene rings is 2. The van der Waals surface area contributed by atoms with Crippen LogP contribution in [0.4, 0.5) is 5.69 Å². The van der Waals surface area contributed by atoms with Crippen LogP contribution in [0.5, 0.6) is 0 Å². The number of rotatable bonds is 5. The third-order valence-electron chi connectivity index (χ3n) is 7.76. The van der Waals surface area contributed by atoms with Gasteiger partial charge in [-0.1, -0.05) is 92.1 Å². The SMILES string of the molecule is C=CCC(Nc1ccc(=C2\C=CC=CC2)/c(=C\C)c1)C1=Cc2ccccc2C12CCCCC2. The lowest BCUT2D eigenvalue weighted by atomic mass is 9.65. The average Bonchev–Trinajstić information content (AvgIpc) is 3.18. The summed E-state index contributed by atoms with van der Waals surface area (Å²) in [5.41, 5.74) is 7.28. The van der Waals surface area contributed by atoms with Gasteiger partial charge in [-0.05, 0) is 77.5 Å². The van der Waals surface area contributed by atoms with Gasteiger partial charge >= 0.3 is 0 Å². The number of hydrogen-bond acceptors (Lipinski definition) is 1. The van der Waals surface area contributed by atoms with Crippen LogP contribution in [-0.2, 0) is 5.41 Å². The Kier molecular flexibility index (Phi) is 6.22. The lowest BCUT2D eigenvalue weighted by Gasteiger charge is -2.41. The van der Waals surface area contributed by atoms with E-state index < -0.39 is 0 Å². The fourth-order valence-corrected chi connectivity index (χ4v) is 6.20. The van der Waals surface area contributed by atoms with Gasteiger partial charge in [0.15, 0.2) is 0 Å². The van der Waals surface area contributed by atoms with Crippen molar-refractivity contribution in [1.29, 1.82) is 0 Å². The summed E-state index contributed by atoms with van der Waals surface area (Å²) < 4.78 is 0. The fourth-order valence-electron chi connectivity index (χ4n) is 6.20. The molecule has 5 rings (SSSR count). The normalized spacial score (nSPS) is 21.6. The maximum absolute atomic E-state index is 4.11. The van der Waals surface area contributed by atoms with Crippen molar-refractivity contribution in [2.24, 2.45) is 0 Å². The Labute approximate surface area is 198 Å². The fraction of sp³-hybridized carbons (Fsp3) is 0.312. The van der Waals surface area contributed by atoms with Crippen LogP contribution in [0, 0.1) is 0 Å². The van der Waals surface area contributed by atoms with Gasteiger partial charge in [0.05, 0.1) is 6.04 Å². The van der Waals surface area contributed by atoms with E-state index in [1.165, 1.54) is 59.4 Å². The first-order valence-electron chi connectivity index (χ1n) is 12.6. The topological polar surface area (TPSA) is 12.0 Å². The van der Waals surface area contributed by atoms with Crippen molar-refractivity contribution in [3.8, 4) is 0 Å². The van der Waals surface area contributed by atoms with Crippen molar-refractivity contribution in [2.45, 2.75) is 63.3 Å². The zero-order valence-corrected chi connectivity index (χ0v) is 19.8. The second kappa shape index (κ2) is 9.43. The largest absolute Gasteiger partial charge is 0.378 e. The maximum atomic E-state index is 4.11. The predicted octanol–water partition coefficient (Wildman–Crippen LogP) is 6.81. The third-order valence-corrected chi connectivity index (χ3v) is 7.76. The van der Waals surface area contributed by atoms with E-state index >= 15 is 0 Å². The van der Waals surface area contributed by atoms with Gasteiger partial charge in [-0.25, -0.2) is 0 Å². The van der Waals surface area contributed by atoms with Crippen molar-refractivity contribution in [3.63, 3.8) is 0 Å². The molecule has 2 aromatic rings. The van der Waals surface area contributed by atoms with Crippen molar-refractivity contribution >= 4 is 23.4 Å². The van der Waals surface area contributed by atoms with Crippen LogP contribution in [0.15, 0.2) is 85.0 Å². The molecule has 0 aromatic heterocycles. The van der Waals surface area contributed by atoms with Gasteiger partial charge in [0.1, 0.15) is 0 Å². The highest BCUT2D eigenvalue weighted by atomic mass is 14.9. The summed E-state index contributed by atoms with van der Waals surface area (Å²) in [6.45, 7) is 6.25. The molecule has 0 radical (unpaired) electrons. The first kappa shape index (κ1) is 21.8. The van der Waals surface area contributed by atoms with Crippen LogP contribution >= 0.6 is 0 Å². The van der Waals surface area contributed by atoms with E-state index in [1.807, 2.05) is 0 Å². The molecule has 1 atom stereocenters. The second-order valence-corrected chi connectivity index (χ2v) is 9.66. The lowest BCUT2D eigenvalue weighted by molar-refractivity contribution is 0.334. The quantitative estimate of drug-likeness (QED) is 0.511. The van der Waals surface area contributed by atoms with Gasteiger partial charge in [0, 0.05) is 11.1 Å². The number of fused-ring (bicyclic) bond motifs is 2. The molecular weight excluding hydrogens is 398 g/mol. The maximum Gasteiger partial charge on any atom is 0.0520 e. The Bertz CT molecular complexity index is 1250. The van der Waals surface area contributed by atoms with E-state index in [4.69, 9.17) is 0 Å². The standard InChI is InChI=1S/C32H35N/c1-3-13-31(30-23-26-16-9-10-17-29(26)32(30)20-11-6-12-21-32)33-27-18-19-28(24(4-2)22-27)25-14-7-5-8-15-25/h3-5,7-10,14,16-19,22-23,31,33H,1,6,11-13,15,20-21H2,2H3/b24-4-,28-25-. The van der Waals surface area contributed by atoms with Crippen molar-refractivity contribution in [1.82, 2.24) is 0 Å². The van der Waals surface area contributed by atoms with Crippen LogP contribution < -0.4 is 15.8 Å². The first-order valence-corrected chi connectivity index (χ1v) is 12.6. The molecule has 0 bridgehead atoms. The highest BCUT2D eigenvalue weighted by Gasteiger charge is 2.44. The zero-order valence-electron chi connectivity index (χ0n) is 19.8. The molecule has 1 fully saturated rings. The highest BCUT2D eigenvalue weighted by Crippen LogP contribution is 2.52. The smallest absolute Gasteiger partial charge is 0.0520 e. The molecule has 1 N–H and O–H groups in total. The van der Waals surface area contributed by atoms with E-state index in [0.29, 0.717) is 0 Å². The molecule has 0 aliphatic heterocycles. The van der Waals surface area contributed by atoms with E-state index in [1.54, 1.807) is 11.1 Å². The Balaban J connectivity index is 1.52. The minimum absolute atomic E-state index is 0.185. The van der Waals surface area contributed by atoms with Crippen molar-refractivity contribution in [3.05, 3.63) is 107 Å². The minimum Gasteiger partial charge on any atom is -0.378 e. The molecule has 2 aromatic carbocycles. The summed E-state index contributed by atoms with van der Waals surface area (Å²) in [5, 5.41) is 6.56. The number of allylic oxidation sites excluding steroid dienone is 4. The number of hydrogen-bond donors (Lipinski definition) is 1.